The van der Waals surface area contributed by atoms with Crippen LogP contribution in [0.15, 0.2) is 34.9 Å². The number of piperazine rings is 1. The standard InChI is InChI=1S/C17H21N3O2/c1-13-3-5-15(6-4-13)12-19-7-9-20(10-8-19)17(21)16-11-14(2)22-18-16/h3-6,11H,7-10,12H2,1-2H3. The molecule has 1 saturated heterocycles. The maximum absolute atomic E-state index is 12.3. The average Bonchev–Trinajstić information content (AvgIpc) is 2.96. The van der Waals surface area contributed by atoms with Crippen LogP contribution >= 0.6 is 0 Å². The monoisotopic (exact) mass is 299 g/mol. The quantitative estimate of drug-likeness (QED) is 0.872. The fourth-order valence-corrected chi connectivity index (χ4v) is 2.69. The summed E-state index contributed by atoms with van der Waals surface area (Å²) in [6.07, 6.45) is 0. The van der Waals surface area contributed by atoms with Crippen molar-refractivity contribution < 1.29 is 9.32 Å². The minimum Gasteiger partial charge on any atom is -0.361 e. The summed E-state index contributed by atoms with van der Waals surface area (Å²) in [6, 6.07) is 10.3. The van der Waals surface area contributed by atoms with Crippen molar-refractivity contribution in [2.24, 2.45) is 0 Å². The molecular weight excluding hydrogens is 278 g/mol. The van der Waals surface area contributed by atoms with Gasteiger partial charge < -0.3 is 9.42 Å². The van der Waals surface area contributed by atoms with E-state index in [0.29, 0.717) is 11.5 Å². The van der Waals surface area contributed by atoms with E-state index in [1.54, 1.807) is 13.0 Å². The first-order chi connectivity index (χ1) is 10.6. The first-order valence-corrected chi connectivity index (χ1v) is 7.62. The SMILES string of the molecule is Cc1ccc(CN2CCN(C(=O)c3cc(C)on3)CC2)cc1. The second-order valence-corrected chi connectivity index (χ2v) is 5.88. The molecule has 22 heavy (non-hydrogen) atoms. The Morgan fingerprint density at radius 2 is 1.82 bits per heavy atom. The Balaban J connectivity index is 1.54. The summed E-state index contributed by atoms with van der Waals surface area (Å²) in [5, 5.41) is 3.81. The minimum absolute atomic E-state index is 0.0353. The van der Waals surface area contributed by atoms with Gasteiger partial charge in [0.25, 0.3) is 5.91 Å². The summed E-state index contributed by atoms with van der Waals surface area (Å²) in [6.45, 7) is 8.06. The third-order valence-electron chi connectivity index (χ3n) is 4.03. The Hall–Kier alpha value is -2.14. The van der Waals surface area contributed by atoms with Crippen LogP contribution in [0.4, 0.5) is 0 Å². The zero-order valence-corrected chi connectivity index (χ0v) is 13.1. The molecule has 0 atom stereocenters. The number of aromatic nitrogens is 1. The Kier molecular flexibility index (Phi) is 4.24. The highest BCUT2D eigenvalue weighted by molar-refractivity contribution is 5.92. The van der Waals surface area contributed by atoms with Gasteiger partial charge in [-0.2, -0.15) is 0 Å². The third kappa shape index (κ3) is 3.36. The van der Waals surface area contributed by atoms with Gasteiger partial charge in [-0.25, -0.2) is 0 Å². The molecular formula is C17H21N3O2. The summed E-state index contributed by atoms with van der Waals surface area (Å²) in [5.41, 5.74) is 3.00. The molecule has 5 heteroatoms. The Morgan fingerprint density at radius 3 is 2.41 bits per heavy atom. The van der Waals surface area contributed by atoms with Crippen molar-refractivity contribution in [3.05, 3.63) is 52.9 Å². The highest BCUT2D eigenvalue weighted by Gasteiger charge is 2.24. The molecule has 0 spiro atoms. The number of aryl methyl sites for hydroxylation is 2. The molecule has 0 N–H and O–H groups in total. The van der Waals surface area contributed by atoms with Gasteiger partial charge in [0, 0.05) is 38.8 Å². The van der Waals surface area contributed by atoms with Crippen molar-refractivity contribution in [2.75, 3.05) is 26.2 Å². The first-order valence-electron chi connectivity index (χ1n) is 7.62. The lowest BCUT2D eigenvalue weighted by atomic mass is 10.1. The second kappa shape index (κ2) is 6.32. The number of rotatable bonds is 3. The number of carbonyl (C=O) groups excluding carboxylic acids is 1. The molecule has 0 aliphatic carbocycles. The third-order valence-corrected chi connectivity index (χ3v) is 4.03. The molecule has 2 aromatic rings. The molecule has 116 valence electrons. The van der Waals surface area contributed by atoms with Gasteiger partial charge in [-0.15, -0.1) is 0 Å². The summed E-state index contributed by atoms with van der Waals surface area (Å²) < 4.78 is 4.98. The Bertz CT molecular complexity index is 640. The molecule has 1 aromatic heterocycles. The van der Waals surface area contributed by atoms with Gasteiger partial charge in [-0.3, -0.25) is 9.69 Å². The van der Waals surface area contributed by atoms with Gasteiger partial charge in [0.1, 0.15) is 5.76 Å². The molecule has 3 rings (SSSR count). The smallest absolute Gasteiger partial charge is 0.276 e. The van der Waals surface area contributed by atoms with Crippen LogP contribution < -0.4 is 0 Å². The van der Waals surface area contributed by atoms with Crippen LogP contribution in [0.5, 0.6) is 0 Å². The van der Waals surface area contributed by atoms with Crippen LogP contribution in [0, 0.1) is 13.8 Å². The van der Waals surface area contributed by atoms with Gasteiger partial charge in [-0.1, -0.05) is 35.0 Å². The van der Waals surface area contributed by atoms with E-state index >= 15 is 0 Å². The van der Waals surface area contributed by atoms with Crippen LogP contribution in [0.3, 0.4) is 0 Å². The van der Waals surface area contributed by atoms with Crippen molar-refractivity contribution in [2.45, 2.75) is 20.4 Å². The zero-order chi connectivity index (χ0) is 15.5. The molecule has 0 radical (unpaired) electrons. The van der Waals surface area contributed by atoms with Crippen LogP contribution in [-0.2, 0) is 6.54 Å². The lowest BCUT2D eigenvalue weighted by Crippen LogP contribution is -2.48. The van der Waals surface area contributed by atoms with E-state index in [-0.39, 0.29) is 5.91 Å². The van der Waals surface area contributed by atoms with Crippen molar-refractivity contribution in [3.63, 3.8) is 0 Å². The fourth-order valence-electron chi connectivity index (χ4n) is 2.69. The van der Waals surface area contributed by atoms with Gasteiger partial charge >= 0.3 is 0 Å². The maximum atomic E-state index is 12.3. The molecule has 0 unspecified atom stereocenters. The minimum atomic E-state index is -0.0353. The van der Waals surface area contributed by atoms with Crippen molar-refractivity contribution >= 4 is 5.91 Å². The Morgan fingerprint density at radius 1 is 1.14 bits per heavy atom. The van der Waals surface area contributed by atoms with E-state index in [1.807, 2.05) is 4.90 Å². The first kappa shape index (κ1) is 14.8. The molecule has 2 heterocycles. The van der Waals surface area contributed by atoms with Gasteiger partial charge in [0.15, 0.2) is 5.69 Å². The van der Waals surface area contributed by atoms with E-state index in [1.165, 1.54) is 11.1 Å². The molecule has 1 aliphatic rings. The summed E-state index contributed by atoms with van der Waals surface area (Å²) in [7, 11) is 0. The van der Waals surface area contributed by atoms with Gasteiger partial charge in [-0.05, 0) is 19.4 Å². The largest absolute Gasteiger partial charge is 0.361 e. The number of carbonyl (C=O) groups is 1. The van der Waals surface area contributed by atoms with Crippen LogP contribution in [-0.4, -0.2) is 47.0 Å². The summed E-state index contributed by atoms with van der Waals surface area (Å²) in [5.74, 6) is 0.633. The van der Waals surface area contributed by atoms with Crippen LogP contribution in [0.25, 0.3) is 0 Å². The van der Waals surface area contributed by atoms with Gasteiger partial charge in [0.2, 0.25) is 0 Å². The Labute approximate surface area is 130 Å². The lowest BCUT2D eigenvalue weighted by Gasteiger charge is -2.34. The highest BCUT2D eigenvalue weighted by Crippen LogP contribution is 2.12. The molecule has 1 aliphatic heterocycles. The molecule has 0 saturated carbocycles. The van der Waals surface area contributed by atoms with Gasteiger partial charge in [0.05, 0.1) is 0 Å². The maximum Gasteiger partial charge on any atom is 0.276 e. The molecule has 0 bridgehead atoms. The van der Waals surface area contributed by atoms with E-state index in [0.717, 1.165) is 32.7 Å². The highest BCUT2D eigenvalue weighted by atomic mass is 16.5. The van der Waals surface area contributed by atoms with E-state index < -0.39 is 0 Å². The molecule has 1 amide bonds. The zero-order valence-electron chi connectivity index (χ0n) is 13.1. The molecule has 5 nitrogen and oxygen atoms in total. The van der Waals surface area contributed by atoms with Crippen molar-refractivity contribution in [3.8, 4) is 0 Å². The molecule has 1 aromatic carbocycles. The average molecular weight is 299 g/mol. The predicted octanol–water partition coefficient (Wildman–Crippen LogP) is 2.25. The van der Waals surface area contributed by atoms with Crippen LogP contribution in [0.1, 0.15) is 27.4 Å². The topological polar surface area (TPSA) is 49.6 Å². The lowest BCUT2D eigenvalue weighted by molar-refractivity contribution is 0.0618. The second-order valence-electron chi connectivity index (χ2n) is 5.88. The van der Waals surface area contributed by atoms with Crippen molar-refractivity contribution in [1.29, 1.82) is 0 Å². The predicted molar refractivity (Wildman–Crippen MR) is 83.6 cm³/mol. The molecule has 1 fully saturated rings. The van der Waals surface area contributed by atoms with E-state index in [2.05, 4.69) is 41.2 Å². The van der Waals surface area contributed by atoms with Crippen molar-refractivity contribution in [1.82, 2.24) is 15.0 Å². The number of amides is 1. The number of hydrogen-bond acceptors (Lipinski definition) is 4. The number of nitrogens with zero attached hydrogens (tertiary/aromatic N) is 3. The van der Waals surface area contributed by atoms with Crippen LogP contribution in [0.2, 0.25) is 0 Å². The van der Waals surface area contributed by atoms with E-state index in [9.17, 15) is 4.79 Å². The number of hydrogen-bond donors (Lipinski definition) is 0. The summed E-state index contributed by atoms with van der Waals surface area (Å²) >= 11 is 0. The normalized spacial score (nSPS) is 16.0. The van der Waals surface area contributed by atoms with E-state index in [4.69, 9.17) is 4.52 Å². The number of benzene rings is 1. The summed E-state index contributed by atoms with van der Waals surface area (Å²) in [4.78, 5) is 16.5. The fraction of sp³-hybridized carbons (Fsp3) is 0.412.